The standard InChI is InChI=1S/C21H18ClN3O2S/c1-3-11-25-20(18-12-14-8-6-10-17(26-2)19(14)27-18)23-24-21(25)28-13-15-7-4-5-9-16(15)22/h3-10,12H,1,11,13H2,2H3. The molecule has 2 aromatic carbocycles. The predicted octanol–water partition coefficient (Wildman–Crippen LogP) is 5.83. The summed E-state index contributed by atoms with van der Waals surface area (Å²) in [6.45, 7) is 4.43. The smallest absolute Gasteiger partial charge is 0.200 e. The van der Waals surface area contributed by atoms with Crippen LogP contribution in [0.4, 0.5) is 0 Å². The minimum atomic E-state index is 0.571. The van der Waals surface area contributed by atoms with E-state index in [1.54, 1.807) is 18.9 Å². The van der Waals surface area contributed by atoms with Gasteiger partial charge in [0.25, 0.3) is 0 Å². The van der Waals surface area contributed by atoms with Gasteiger partial charge >= 0.3 is 0 Å². The molecular formula is C21H18ClN3O2S. The molecule has 0 fully saturated rings. The highest BCUT2D eigenvalue weighted by molar-refractivity contribution is 7.98. The monoisotopic (exact) mass is 411 g/mol. The Morgan fingerprint density at radius 1 is 1.21 bits per heavy atom. The average molecular weight is 412 g/mol. The average Bonchev–Trinajstić information content (AvgIpc) is 3.31. The Balaban J connectivity index is 1.68. The second kappa shape index (κ2) is 8.12. The van der Waals surface area contributed by atoms with Crippen LogP contribution >= 0.6 is 23.4 Å². The van der Waals surface area contributed by atoms with Gasteiger partial charge in [0.05, 0.1) is 7.11 Å². The van der Waals surface area contributed by atoms with E-state index in [0.29, 0.717) is 35.2 Å². The molecule has 4 aromatic rings. The lowest BCUT2D eigenvalue weighted by Gasteiger charge is -2.07. The Morgan fingerprint density at radius 3 is 2.86 bits per heavy atom. The number of thioether (sulfide) groups is 1. The van der Waals surface area contributed by atoms with E-state index in [2.05, 4.69) is 16.8 Å². The van der Waals surface area contributed by atoms with E-state index in [1.165, 1.54) is 0 Å². The van der Waals surface area contributed by atoms with Crippen molar-refractivity contribution < 1.29 is 9.15 Å². The summed E-state index contributed by atoms with van der Waals surface area (Å²) in [5.74, 6) is 2.67. The summed E-state index contributed by atoms with van der Waals surface area (Å²) in [6.07, 6.45) is 1.82. The summed E-state index contributed by atoms with van der Waals surface area (Å²) in [5.41, 5.74) is 1.75. The van der Waals surface area contributed by atoms with Crippen molar-refractivity contribution in [3.8, 4) is 17.3 Å². The maximum Gasteiger partial charge on any atom is 0.200 e. The quantitative estimate of drug-likeness (QED) is 0.283. The summed E-state index contributed by atoms with van der Waals surface area (Å²) in [7, 11) is 1.63. The number of ether oxygens (including phenoxy) is 1. The van der Waals surface area contributed by atoms with Crippen LogP contribution in [0, 0.1) is 0 Å². The highest BCUT2D eigenvalue weighted by Crippen LogP contribution is 2.34. The molecule has 0 spiro atoms. The first-order valence-electron chi connectivity index (χ1n) is 8.68. The largest absolute Gasteiger partial charge is 0.493 e. The molecule has 7 heteroatoms. The first-order chi connectivity index (χ1) is 13.7. The second-order valence-electron chi connectivity index (χ2n) is 6.07. The Labute approximate surface area is 172 Å². The van der Waals surface area contributed by atoms with Gasteiger partial charge in [-0.2, -0.15) is 0 Å². The van der Waals surface area contributed by atoms with Gasteiger partial charge in [0.15, 0.2) is 22.2 Å². The number of hydrogen-bond donors (Lipinski definition) is 0. The zero-order chi connectivity index (χ0) is 19.5. The van der Waals surface area contributed by atoms with E-state index in [4.69, 9.17) is 20.8 Å². The molecule has 2 heterocycles. The number of fused-ring (bicyclic) bond motifs is 1. The predicted molar refractivity (Wildman–Crippen MR) is 113 cm³/mol. The van der Waals surface area contributed by atoms with Crippen LogP contribution < -0.4 is 4.74 Å². The lowest BCUT2D eigenvalue weighted by atomic mass is 10.2. The van der Waals surface area contributed by atoms with Crippen molar-refractivity contribution in [2.45, 2.75) is 17.5 Å². The van der Waals surface area contributed by atoms with E-state index in [-0.39, 0.29) is 0 Å². The fourth-order valence-corrected chi connectivity index (χ4v) is 4.17. The maximum atomic E-state index is 6.27. The van der Waals surface area contributed by atoms with Gasteiger partial charge < -0.3 is 9.15 Å². The summed E-state index contributed by atoms with van der Waals surface area (Å²) in [4.78, 5) is 0. The molecule has 0 aliphatic carbocycles. The zero-order valence-corrected chi connectivity index (χ0v) is 16.8. The van der Waals surface area contributed by atoms with E-state index in [0.717, 1.165) is 21.1 Å². The molecular weight excluding hydrogens is 394 g/mol. The first kappa shape index (κ1) is 18.7. The third-order valence-corrected chi connectivity index (χ3v) is 5.68. The number of allylic oxidation sites excluding steroid dienone is 1. The van der Waals surface area contributed by atoms with Gasteiger partial charge in [-0.25, -0.2) is 0 Å². The lowest BCUT2D eigenvalue weighted by Crippen LogP contribution is -2.00. The number of furan rings is 1. The minimum Gasteiger partial charge on any atom is -0.493 e. The van der Waals surface area contributed by atoms with Crippen LogP contribution in [-0.2, 0) is 12.3 Å². The molecule has 0 radical (unpaired) electrons. The molecule has 4 rings (SSSR count). The van der Waals surface area contributed by atoms with E-state index in [9.17, 15) is 0 Å². The van der Waals surface area contributed by atoms with Crippen molar-refractivity contribution in [3.63, 3.8) is 0 Å². The molecule has 0 atom stereocenters. The zero-order valence-electron chi connectivity index (χ0n) is 15.3. The minimum absolute atomic E-state index is 0.571. The molecule has 0 saturated carbocycles. The van der Waals surface area contributed by atoms with Gasteiger partial charge in [0, 0.05) is 22.7 Å². The van der Waals surface area contributed by atoms with E-state index in [1.807, 2.05) is 59.2 Å². The molecule has 28 heavy (non-hydrogen) atoms. The van der Waals surface area contributed by atoms with Gasteiger partial charge in [-0.1, -0.05) is 59.8 Å². The van der Waals surface area contributed by atoms with Crippen molar-refractivity contribution in [1.29, 1.82) is 0 Å². The Morgan fingerprint density at radius 2 is 2.07 bits per heavy atom. The van der Waals surface area contributed by atoms with Crippen molar-refractivity contribution in [2.75, 3.05) is 7.11 Å². The van der Waals surface area contributed by atoms with E-state index < -0.39 is 0 Å². The Bertz CT molecular complexity index is 1140. The van der Waals surface area contributed by atoms with Crippen LogP contribution in [0.15, 0.2) is 70.8 Å². The van der Waals surface area contributed by atoms with Crippen LogP contribution in [0.3, 0.4) is 0 Å². The van der Waals surface area contributed by atoms with Crippen LogP contribution in [-0.4, -0.2) is 21.9 Å². The molecule has 5 nitrogen and oxygen atoms in total. The number of para-hydroxylation sites is 1. The third-order valence-electron chi connectivity index (χ3n) is 4.29. The van der Waals surface area contributed by atoms with Gasteiger partial charge in [-0.15, -0.1) is 16.8 Å². The number of benzene rings is 2. The molecule has 2 aromatic heterocycles. The molecule has 0 aliphatic rings. The molecule has 0 bridgehead atoms. The molecule has 0 unspecified atom stereocenters. The molecule has 0 saturated heterocycles. The number of aromatic nitrogens is 3. The third kappa shape index (κ3) is 3.53. The number of rotatable bonds is 7. The van der Waals surface area contributed by atoms with Gasteiger partial charge in [-0.3, -0.25) is 4.57 Å². The van der Waals surface area contributed by atoms with Gasteiger partial charge in [0.1, 0.15) is 0 Å². The highest BCUT2D eigenvalue weighted by Gasteiger charge is 2.18. The lowest BCUT2D eigenvalue weighted by molar-refractivity contribution is 0.410. The molecule has 0 N–H and O–H groups in total. The fraction of sp³-hybridized carbons (Fsp3) is 0.143. The number of hydrogen-bond acceptors (Lipinski definition) is 5. The Hall–Kier alpha value is -2.70. The maximum absolute atomic E-state index is 6.27. The number of methoxy groups -OCH3 is 1. The fourth-order valence-electron chi connectivity index (χ4n) is 2.94. The molecule has 0 amide bonds. The normalized spacial score (nSPS) is 11.1. The van der Waals surface area contributed by atoms with Gasteiger partial charge in [0.2, 0.25) is 5.82 Å². The van der Waals surface area contributed by atoms with Crippen LogP contribution in [0.5, 0.6) is 5.75 Å². The van der Waals surface area contributed by atoms with Crippen molar-refractivity contribution in [2.24, 2.45) is 0 Å². The van der Waals surface area contributed by atoms with Crippen LogP contribution in [0.2, 0.25) is 5.02 Å². The van der Waals surface area contributed by atoms with Crippen molar-refractivity contribution in [1.82, 2.24) is 14.8 Å². The summed E-state index contributed by atoms with van der Waals surface area (Å²) < 4.78 is 13.4. The van der Waals surface area contributed by atoms with E-state index >= 15 is 0 Å². The highest BCUT2D eigenvalue weighted by atomic mass is 35.5. The molecule has 142 valence electrons. The summed E-state index contributed by atoms with van der Waals surface area (Å²) in [5, 5.41) is 11.2. The Kier molecular flexibility index (Phi) is 5.41. The SMILES string of the molecule is C=CCn1c(SCc2ccccc2Cl)nnc1-c1cc2cccc(OC)c2o1. The molecule has 0 aliphatic heterocycles. The van der Waals surface area contributed by atoms with Crippen molar-refractivity contribution >= 4 is 34.3 Å². The number of halogens is 1. The number of nitrogens with zero attached hydrogens (tertiary/aromatic N) is 3. The van der Waals surface area contributed by atoms with Crippen LogP contribution in [0.1, 0.15) is 5.56 Å². The summed E-state index contributed by atoms with van der Waals surface area (Å²) >= 11 is 7.84. The topological polar surface area (TPSA) is 53.1 Å². The van der Waals surface area contributed by atoms with Gasteiger partial charge in [-0.05, 0) is 23.8 Å². The first-order valence-corrected chi connectivity index (χ1v) is 10.0. The van der Waals surface area contributed by atoms with Crippen molar-refractivity contribution in [3.05, 3.63) is 71.8 Å². The second-order valence-corrected chi connectivity index (χ2v) is 7.42. The van der Waals surface area contributed by atoms with Crippen LogP contribution in [0.25, 0.3) is 22.6 Å². The summed E-state index contributed by atoms with van der Waals surface area (Å²) in [6, 6.07) is 15.5.